The van der Waals surface area contributed by atoms with Crippen LogP contribution in [0.2, 0.25) is 0 Å². The van der Waals surface area contributed by atoms with Crippen molar-refractivity contribution in [1.82, 2.24) is 14.9 Å². The largest absolute Gasteiger partial charge is 0.497 e. The first-order valence-electron chi connectivity index (χ1n) is 12.7. The number of methoxy groups -OCH3 is 2. The standard InChI is InChI=1S/C31H32N4O4S/c1-21-18-22(2)33-31(32-21)40-20-28(36)35(19-23-10-14-26(38-3)15-11-23)29(24-8-6-5-7-9-24)30(37)34-25-12-16-27(39-4)17-13-25/h5-18,29H,19-20H2,1-4H3,(H,34,37). The fraction of sp³-hybridized carbons (Fsp3) is 0.226. The van der Waals surface area contributed by atoms with E-state index in [1.165, 1.54) is 11.8 Å². The van der Waals surface area contributed by atoms with Gasteiger partial charge in [-0.25, -0.2) is 9.97 Å². The first-order chi connectivity index (χ1) is 19.4. The lowest BCUT2D eigenvalue weighted by Crippen LogP contribution is -2.41. The normalized spacial score (nSPS) is 11.4. The average molecular weight is 557 g/mol. The molecule has 4 aromatic rings. The molecule has 9 heteroatoms. The third-order valence-electron chi connectivity index (χ3n) is 6.15. The van der Waals surface area contributed by atoms with Crippen LogP contribution in [-0.4, -0.2) is 46.7 Å². The summed E-state index contributed by atoms with van der Waals surface area (Å²) >= 11 is 1.26. The molecule has 1 N–H and O–H groups in total. The third kappa shape index (κ3) is 7.60. The zero-order valence-corrected chi connectivity index (χ0v) is 23.8. The second kappa shape index (κ2) is 13.6. The van der Waals surface area contributed by atoms with Gasteiger partial charge < -0.3 is 19.7 Å². The molecule has 40 heavy (non-hydrogen) atoms. The molecular formula is C31H32N4O4S. The lowest BCUT2D eigenvalue weighted by Gasteiger charge is -2.31. The fourth-order valence-corrected chi connectivity index (χ4v) is 5.05. The summed E-state index contributed by atoms with van der Waals surface area (Å²) in [4.78, 5) is 38.3. The Morgan fingerprint density at radius 3 is 2.00 bits per heavy atom. The monoisotopic (exact) mass is 556 g/mol. The van der Waals surface area contributed by atoms with Gasteiger partial charge in [-0.3, -0.25) is 9.59 Å². The average Bonchev–Trinajstić information content (AvgIpc) is 2.96. The Kier molecular flexibility index (Phi) is 9.75. The number of rotatable bonds is 11. The molecule has 1 unspecified atom stereocenters. The van der Waals surface area contributed by atoms with Crippen molar-refractivity contribution in [2.45, 2.75) is 31.6 Å². The van der Waals surface area contributed by atoms with E-state index < -0.39 is 6.04 Å². The van der Waals surface area contributed by atoms with Gasteiger partial charge in [0.25, 0.3) is 5.91 Å². The molecule has 0 fully saturated rings. The Bertz CT molecular complexity index is 1410. The Balaban J connectivity index is 1.67. The maximum atomic E-state index is 13.9. The van der Waals surface area contributed by atoms with Gasteiger partial charge in [-0.1, -0.05) is 54.2 Å². The molecule has 2 amide bonds. The third-order valence-corrected chi connectivity index (χ3v) is 6.98. The van der Waals surface area contributed by atoms with Crippen LogP contribution in [0, 0.1) is 13.8 Å². The highest BCUT2D eigenvalue weighted by atomic mass is 32.2. The minimum absolute atomic E-state index is 0.0677. The van der Waals surface area contributed by atoms with Crippen molar-refractivity contribution >= 4 is 29.3 Å². The number of amides is 2. The Labute approximate surface area is 238 Å². The van der Waals surface area contributed by atoms with Crippen LogP contribution < -0.4 is 14.8 Å². The summed E-state index contributed by atoms with van der Waals surface area (Å²) in [6.45, 7) is 4.00. The predicted octanol–water partition coefficient (Wildman–Crippen LogP) is 5.61. The number of anilines is 1. The predicted molar refractivity (Wildman–Crippen MR) is 157 cm³/mol. The second-order valence-corrected chi connectivity index (χ2v) is 10.1. The molecule has 0 aliphatic rings. The van der Waals surface area contributed by atoms with E-state index in [1.807, 2.05) is 74.5 Å². The number of carbonyl (C=O) groups is 2. The first kappa shape index (κ1) is 28.6. The van der Waals surface area contributed by atoms with Crippen molar-refractivity contribution in [1.29, 1.82) is 0 Å². The van der Waals surface area contributed by atoms with Crippen molar-refractivity contribution in [3.8, 4) is 11.5 Å². The number of hydrogen-bond acceptors (Lipinski definition) is 7. The van der Waals surface area contributed by atoms with E-state index in [4.69, 9.17) is 9.47 Å². The van der Waals surface area contributed by atoms with E-state index in [1.54, 1.807) is 43.4 Å². The lowest BCUT2D eigenvalue weighted by atomic mass is 10.0. The summed E-state index contributed by atoms with van der Waals surface area (Å²) in [5.41, 5.74) is 3.82. The fourth-order valence-electron chi connectivity index (χ4n) is 4.21. The summed E-state index contributed by atoms with van der Waals surface area (Å²) in [5, 5.41) is 3.50. The van der Waals surface area contributed by atoms with Crippen LogP contribution in [0.5, 0.6) is 11.5 Å². The molecule has 8 nitrogen and oxygen atoms in total. The first-order valence-corrected chi connectivity index (χ1v) is 13.7. The van der Waals surface area contributed by atoms with Crippen molar-refractivity contribution < 1.29 is 19.1 Å². The van der Waals surface area contributed by atoms with Crippen molar-refractivity contribution in [3.05, 3.63) is 107 Å². The van der Waals surface area contributed by atoms with E-state index in [2.05, 4.69) is 15.3 Å². The van der Waals surface area contributed by atoms with Crippen molar-refractivity contribution in [3.63, 3.8) is 0 Å². The Morgan fingerprint density at radius 1 is 0.850 bits per heavy atom. The number of ether oxygens (including phenoxy) is 2. The molecule has 0 aliphatic carbocycles. The molecule has 1 atom stereocenters. The molecule has 206 valence electrons. The lowest BCUT2D eigenvalue weighted by molar-refractivity contribution is -0.137. The summed E-state index contributed by atoms with van der Waals surface area (Å²) < 4.78 is 10.5. The smallest absolute Gasteiger partial charge is 0.251 e. The van der Waals surface area contributed by atoms with Crippen LogP contribution in [0.1, 0.15) is 28.6 Å². The number of benzene rings is 3. The molecule has 0 saturated heterocycles. The number of thioether (sulfide) groups is 1. The van der Waals surface area contributed by atoms with Gasteiger partial charge >= 0.3 is 0 Å². The zero-order valence-electron chi connectivity index (χ0n) is 23.0. The van der Waals surface area contributed by atoms with E-state index in [0.717, 1.165) is 17.0 Å². The van der Waals surface area contributed by atoms with Crippen LogP contribution in [0.15, 0.2) is 90.1 Å². The van der Waals surface area contributed by atoms with Crippen LogP contribution in [0.3, 0.4) is 0 Å². The minimum atomic E-state index is -0.890. The highest BCUT2D eigenvalue weighted by Gasteiger charge is 2.32. The summed E-state index contributed by atoms with van der Waals surface area (Å²) in [5.74, 6) is 0.909. The second-order valence-electron chi connectivity index (χ2n) is 9.12. The SMILES string of the molecule is COc1ccc(CN(C(=O)CSc2nc(C)cc(C)n2)C(C(=O)Nc2ccc(OC)cc2)c2ccccc2)cc1. The van der Waals surface area contributed by atoms with Gasteiger partial charge in [-0.2, -0.15) is 0 Å². The van der Waals surface area contributed by atoms with Gasteiger partial charge in [-0.15, -0.1) is 0 Å². The maximum Gasteiger partial charge on any atom is 0.251 e. The van der Waals surface area contributed by atoms with Crippen LogP contribution in [0.25, 0.3) is 0 Å². The topological polar surface area (TPSA) is 93.7 Å². The zero-order chi connectivity index (χ0) is 28.5. The molecule has 0 bridgehead atoms. The van der Waals surface area contributed by atoms with Gasteiger partial charge in [0.05, 0.1) is 20.0 Å². The van der Waals surface area contributed by atoms with E-state index in [9.17, 15) is 9.59 Å². The number of hydrogen-bond donors (Lipinski definition) is 1. The molecule has 1 aromatic heterocycles. The minimum Gasteiger partial charge on any atom is -0.497 e. The number of aromatic nitrogens is 2. The Morgan fingerprint density at radius 2 is 1.43 bits per heavy atom. The van der Waals surface area contributed by atoms with E-state index >= 15 is 0 Å². The highest BCUT2D eigenvalue weighted by molar-refractivity contribution is 7.99. The molecule has 0 spiro atoms. The molecule has 3 aromatic carbocycles. The van der Waals surface area contributed by atoms with Crippen molar-refractivity contribution in [2.24, 2.45) is 0 Å². The van der Waals surface area contributed by atoms with Crippen LogP contribution in [0.4, 0.5) is 5.69 Å². The maximum absolute atomic E-state index is 13.9. The van der Waals surface area contributed by atoms with Gasteiger partial charge in [0, 0.05) is 23.6 Å². The summed E-state index contributed by atoms with van der Waals surface area (Å²) in [6.07, 6.45) is 0. The summed E-state index contributed by atoms with van der Waals surface area (Å²) in [6, 6.07) is 24.8. The number of aryl methyl sites for hydroxylation is 2. The van der Waals surface area contributed by atoms with Crippen LogP contribution in [-0.2, 0) is 16.1 Å². The van der Waals surface area contributed by atoms with Gasteiger partial charge in [0.2, 0.25) is 5.91 Å². The number of carbonyl (C=O) groups excluding carboxylic acids is 2. The number of nitrogens with one attached hydrogen (secondary N) is 1. The highest BCUT2D eigenvalue weighted by Crippen LogP contribution is 2.28. The Hall–Kier alpha value is -4.37. The molecule has 4 rings (SSSR count). The quantitative estimate of drug-likeness (QED) is 0.190. The molecular weight excluding hydrogens is 524 g/mol. The summed E-state index contributed by atoms with van der Waals surface area (Å²) in [7, 11) is 3.19. The van der Waals surface area contributed by atoms with Crippen molar-refractivity contribution in [2.75, 3.05) is 25.3 Å². The molecule has 0 saturated carbocycles. The van der Waals surface area contributed by atoms with Gasteiger partial charge in [-0.05, 0) is 67.4 Å². The molecule has 0 radical (unpaired) electrons. The molecule has 0 aliphatic heterocycles. The van der Waals surface area contributed by atoms with E-state index in [0.29, 0.717) is 27.9 Å². The van der Waals surface area contributed by atoms with Gasteiger partial charge in [0.15, 0.2) is 5.16 Å². The van der Waals surface area contributed by atoms with E-state index in [-0.39, 0.29) is 24.1 Å². The van der Waals surface area contributed by atoms with Crippen LogP contribution >= 0.6 is 11.8 Å². The number of nitrogens with zero attached hydrogens (tertiary/aromatic N) is 3. The molecule has 1 heterocycles. The van der Waals surface area contributed by atoms with Gasteiger partial charge in [0.1, 0.15) is 17.5 Å².